The van der Waals surface area contributed by atoms with E-state index in [1.807, 2.05) is 20.1 Å². The first-order chi connectivity index (χ1) is 9.03. The van der Waals surface area contributed by atoms with Crippen LogP contribution in [-0.4, -0.2) is 18.5 Å². The van der Waals surface area contributed by atoms with Crippen LogP contribution in [0.2, 0.25) is 0 Å². The molecular formula is C16H28N2O. The Labute approximate surface area is 117 Å². The van der Waals surface area contributed by atoms with Crippen molar-refractivity contribution in [2.75, 3.05) is 0 Å². The van der Waals surface area contributed by atoms with Gasteiger partial charge < -0.3 is 5.73 Å². The Morgan fingerprint density at radius 3 is 2.32 bits per heavy atom. The average molecular weight is 264 g/mol. The zero-order valence-corrected chi connectivity index (χ0v) is 12.9. The van der Waals surface area contributed by atoms with E-state index < -0.39 is 0 Å². The molecule has 0 saturated carbocycles. The van der Waals surface area contributed by atoms with E-state index in [0.717, 1.165) is 36.8 Å². The number of hydrogen-bond donors (Lipinski definition) is 1. The van der Waals surface area contributed by atoms with Gasteiger partial charge in [-0.25, -0.2) is 0 Å². The molecule has 0 aliphatic carbocycles. The fourth-order valence-corrected chi connectivity index (χ4v) is 1.98. The van der Waals surface area contributed by atoms with E-state index >= 15 is 0 Å². The van der Waals surface area contributed by atoms with Crippen molar-refractivity contribution in [3.05, 3.63) is 22.9 Å². The van der Waals surface area contributed by atoms with Gasteiger partial charge in [0.15, 0.2) is 6.29 Å². The van der Waals surface area contributed by atoms with Crippen LogP contribution < -0.4 is 5.73 Å². The molecule has 0 rings (SSSR count). The Morgan fingerprint density at radius 2 is 1.95 bits per heavy atom. The number of hydrogen-bond acceptors (Lipinski definition) is 3. The van der Waals surface area contributed by atoms with Crippen molar-refractivity contribution in [2.45, 2.75) is 59.9 Å². The van der Waals surface area contributed by atoms with Gasteiger partial charge in [-0.2, -0.15) is 0 Å². The van der Waals surface area contributed by atoms with Crippen LogP contribution in [-0.2, 0) is 4.79 Å². The minimum Gasteiger partial charge on any atom is -0.324 e. The molecule has 0 aliphatic heterocycles. The zero-order chi connectivity index (χ0) is 14.8. The predicted molar refractivity (Wildman–Crippen MR) is 83.4 cm³/mol. The molecule has 3 heteroatoms. The highest BCUT2D eigenvalue weighted by Gasteiger charge is 2.18. The van der Waals surface area contributed by atoms with Crippen molar-refractivity contribution in [3.8, 4) is 0 Å². The Morgan fingerprint density at radius 1 is 1.32 bits per heavy atom. The van der Waals surface area contributed by atoms with Gasteiger partial charge in [0.25, 0.3) is 0 Å². The number of nitrogens with two attached hydrogens (primary N) is 1. The summed E-state index contributed by atoms with van der Waals surface area (Å²) in [5.74, 6) is 0.323. The normalized spacial score (nSPS) is 17.3. The molecule has 108 valence electrons. The molecule has 0 aliphatic rings. The van der Waals surface area contributed by atoms with Gasteiger partial charge in [-0.1, -0.05) is 33.3 Å². The highest BCUT2D eigenvalue weighted by molar-refractivity contribution is 5.81. The summed E-state index contributed by atoms with van der Waals surface area (Å²) in [4.78, 5) is 15.8. The van der Waals surface area contributed by atoms with Gasteiger partial charge in [0.2, 0.25) is 0 Å². The third-order valence-corrected chi connectivity index (χ3v) is 3.26. The van der Waals surface area contributed by atoms with E-state index in [1.165, 1.54) is 0 Å². The van der Waals surface area contributed by atoms with Crippen molar-refractivity contribution in [2.24, 2.45) is 16.6 Å². The highest BCUT2D eigenvalue weighted by atomic mass is 16.1. The second-order valence-electron chi connectivity index (χ2n) is 4.86. The molecule has 2 atom stereocenters. The van der Waals surface area contributed by atoms with Gasteiger partial charge in [-0.3, -0.25) is 9.79 Å². The summed E-state index contributed by atoms with van der Waals surface area (Å²) in [7, 11) is 0. The first-order valence-electron chi connectivity index (χ1n) is 7.17. The largest absolute Gasteiger partial charge is 0.324 e. The van der Waals surface area contributed by atoms with Crippen LogP contribution in [0.3, 0.4) is 0 Å². The second kappa shape index (κ2) is 9.68. The minimum atomic E-state index is -0.0985. The van der Waals surface area contributed by atoms with Gasteiger partial charge in [0.1, 0.15) is 0 Å². The monoisotopic (exact) mass is 264 g/mol. The van der Waals surface area contributed by atoms with Gasteiger partial charge in [0, 0.05) is 17.8 Å². The summed E-state index contributed by atoms with van der Waals surface area (Å²) in [6.07, 6.45) is 7.48. The lowest BCUT2D eigenvalue weighted by molar-refractivity contribution is -0.104. The van der Waals surface area contributed by atoms with Crippen LogP contribution in [0.5, 0.6) is 0 Å². The van der Waals surface area contributed by atoms with Crippen LogP contribution in [0.4, 0.5) is 0 Å². The number of rotatable bonds is 8. The van der Waals surface area contributed by atoms with E-state index in [9.17, 15) is 4.79 Å². The fraction of sp³-hybridized carbons (Fsp3) is 0.625. The van der Waals surface area contributed by atoms with Crippen LogP contribution >= 0.6 is 0 Å². The molecule has 0 heterocycles. The zero-order valence-electron chi connectivity index (χ0n) is 12.9. The molecule has 0 spiro atoms. The summed E-state index contributed by atoms with van der Waals surface area (Å²) < 4.78 is 0. The molecule has 0 aromatic heterocycles. The number of aliphatic imine (C=N–C) groups is 1. The smallest absolute Gasteiger partial charge is 0.151 e. The quantitative estimate of drug-likeness (QED) is 0.315. The van der Waals surface area contributed by atoms with Crippen LogP contribution in [0, 0.1) is 5.92 Å². The highest BCUT2D eigenvalue weighted by Crippen LogP contribution is 2.26. The molecule has 0 amide bonds. The number of carbonyl (C=O) groups is 1. The Hall–Kier alpha value is -1.22. The van der Waals surface area contributed by atoms with Crippen molar-refractivity contribution < 1.29 is 4.79 Å². The third-order valence-electron chi connectivity index (χ3n) is 3.26. The summed E-state index contributed by atoms with van der Waals surface area (Å²) in [5.41, 5.74) is 8.54. The number of unbranched alkanes of at least 4 members (excludes halogenated alkanes) is 1. The Kier molecular flexibility index (Phi) is 9.06. The first-order valence-corrected chi connectivity index (χ1v) is 7.17. The third kappa shape index (κ3) is 5.52. The Bertz CT molecular complexity index is 365. The van der Waals surface area contributed by atoms with Crippen LogP contribution in [0.25, 0.3) is 0 Å². The number of allylic oxidation sites excluding steroid dienone is 2. The van der Waals surface area contributed by atoms with Crippen molar-refractivity contribution in [3.63, 3.8) is 0 Å². The van der Waals surface area contributed by atoms with E-state index in [2.05, 4.69) is 25.8 Å². The number of aldehydes is 1. The molecule has 3 nitrogen and oxygen atoms in total. The lowest BCUT2D eigenvalue weighted by Crippen LogP contribution is -2.24. The Balaban J connectivity index is 5.78. The molecule has 2 N–H and O–H groups in total. The maximum Gasteiger partial charge on any atom is 0.151 e. The summed E-state index contributed by atoms with van der Waals surface area (Å²) in [6, 6.07) is -0.0985. The van der Waals surface area contributed by atoms with Crippen LogP contribution in [0.15, 0.2) is 27.9 Å². The van der Waals surface area contributed by atoms with Gasteiger partial charge >= 0.3 is 0 Å². The molecule has 0 saturated heterocycles. The van der Waals surface area contributed by atoms with Gasteiger partial charge in [-0.05, 0) is 38.2 Å². The van der Waals surface area contributed by atoms with E-state index in [-0.39, 0.29) is 6.04 Å². The molecule has 0 radical (unpaired) electrons. The molecule has 0 aromatic carbocycles. The fourth-order valence-electron chi connectivity index (χ4n) is 1.98. The van der Waals surface area contributed by atoms with Gasteiger partial charge in [-0.15, -0.1) is 0 Å². The molecule has 2 unspecified atom stereocenters. The summed E-state index contributed by atoms with van der Waals surface area (Å²) in [6.45, 7) is 10.2. The standard InChI is InChI=1S/C16H28N2O/c1-6-9-10-18-16(14(8-3)11-19)15(13(5)17)12(4)7-2/h8,10-13H,6-7,9,17H2,1-5H3/b14-8-,16-15-,18-10?. The average Bonchev–Trinajstić information content (AvgIpc) is 2.39. The van der Waals surface area contributed by atoms with Gasteiger partial charge in [0.05, 0.1) is 5.70 Å². The van der Waals surface area contributed by atoms with Crippen molar-refractivity contribution >= 4 is 12.5 Å². The molecule has 0 fully saturated rings. The lowest BCUT2D eigenvalue weighted by atomic mass is 9.89. The lowest BCUT2D eigenvalue weighted by Gasteiger charge is -2.21. The molecule has 0 bridgehead atoms. The maximum absolute atomic E-state index is 11.2. The second-order valence-corrected chi connectivity index (χ2v) is 4.86. The minimum absolute atomic E-state index is 0.0985. The number of carbonyl (C=O) groups excluding carboxylic acids is 1. The summed E-state index contributed by atoms with van der Waals surface area (Å²) in [5, 5.41) is 0. The molecule has 19 heavy (non-hydrogen) atoms. The SMILES string of the molecule is C/C=C(C=O)\C(N=CCCC)=C(\C(C)N)C(C)CC. The van der Waals surface area contributed by atoms with E-state index in [1.54, 1.807) is 6.08 Å². The van der Waals surface area contributed by atoms with Crippen molar-refractivity contribution in [1.29, 1.82) is 0 Å². The molecular weight excluding hydrogens is 236 g/mol. The predicted octanol–water partition coefficient (Wildman–Crippen LogP) is 3.65. The van der Waals surface area contributed by atoms with E-state index in [4.69, 9.17) is 5.73 Å². The topological polar surface area (TPSA) is 55.5 Å². The van der Waals surface area contributed by atoms with E-state index in [0.29, 0.717) is 11.5 Å². The van der Waals surface area contributed by atoms with Crippen molar-refractivity contribution in [1.82, 2.24) is 0 Å². The van der Waals surface area contributed by atoms with Crippen LogP contribution in [0.1, 0.15) is 53.9 Å². The molecule has 0 aromatic rings. The summed E-state index contributed by atoms with van der Waals surface area (Å²) >= 11 is 0. The maximum atomic E-state index is 11.2. The first kappa shape index (κ1) is 17.8. The number of nitrogens with zero attached hydrogens (tertiary/aromatic N) is 1.